The van der Waals surface area contributed by atoms with E-state index in [0.717, 1.165) is 19.5 Å². The number of nitrogens with one attached hydrogen (secondary N) is 1. The van der Waals surface area contributed by atoms with Crippen molar-refractivity contribution in [3.05, 3.63) is 12.2 Å². The van der Waals surface area contributed by atoms with Gasteiger partial charge in [-0.2, -0.15) is 0 Å². The van der Waals surface area contributed by atoms with Gasteiger partial charge in [-0.1, -0.05) is 13.0 Å². The van der Waals surface area contributed by atoms with Crippen LogP contribution >= 0.6 is 0 Å². The molecule has 0 atom stereocenters. The van der Waals surface area contributed by atoms with Crippen LogP contribution in [0.1, 0.15) is 20.3 Å². The van der Waals surface area contributed by atoms with Crippen LogP contribution in [0.2, 0.25) is 0 Å². The van der Waals surface area contributed by atoms with Gasteiger partial charge in [-0.3, -0.25) is 0 Å². The van der Waals surface area contributed by atoms with Crippen LogP contribution in [0.4, 0.5) is 0 Å². The molecule has 0 aliphatic rings. The van der Waals surface area contributed by atoms with Gasteiger partial charge in [-0.25, -0.2) is 4.79 Å². The molecule has 0 aromatic carbocycles. The Balaban J connectivity index is 3.29. The second kappa shape index (κ2) is 8.27. The van der Waals surface area contributed by atoms with Gasteiger partial charge in [0.25, 0.3) is 0 Å². The summed E-state index contributed by atoms with van der Waals surface area (Å²) in [4.78, 5) is 10.7. The van der Waals surface area contributed by atoms with E-state index < -0.39 is 0 Å². The molecule has 0 saturated carbocycles. The van der Waals surface area contributed by atoms with Crippen LogP contribution in [0.5, 0.6) is 0 Å². The molecule has 1 N–H and O–H groups in total. The normalized spacial score (nSPS) is 10.5. The van der Waals surface area contributed by atoms with Gasteiger partial charge in [0.1, 0.15) is 0 Å². The largest absolute Gasteiger partial charge is 0.463 e. The number of hydrogen-bond acceptors (Lipinski definition) is 3. The number of hydrogen-bond donors (Lipinski definition) is 1. The molecule has 0 heterocycles. The third-order valence-corrected chi connectivity index (χ3v) is 1.23. The highest BCUT2D eigenvalue weighted by Gasteiger charge is 1.90. The highest BCUT2D eigenvalue weighted by atomic mass is 16.5. The second-order valence-electron chi connectivity index (χ2n) is 2.36. The van der Waals surface area contributed by atoms with Crippen molar-refractivity contribution in [3.8, 4) is 0 Å². The first-order valence-electron chi connectivity index (χ1n) is 4.35. The fraction of sp³-hybridized carbons (Fsp3) is 0.667. The molecule has 0 amide bonds. The maximum Gasteiger partial charge on any atom is 0.330 e. The zero-order chi connectivity index (χ0) is 9.23. The van der Waals surface area contributed by atoms with Gasteiger partial charge in [0.15, 0.2) is 0 Å². The topological polar surface area (TPSA) is 38.3 Å². The molecule has 0 unspecified atom stereocenters. The quantitative estimate of drug-likeness (QED) is 0.369. The zero-order valence-electron chi connectivity index (χ0n) is 7.80. The minimum absolute atomic E-state index is 0.268. The first kappa shape index (κ1) is 11.2. The highest BCUT2D eigenvalue weighted by Crippen LogP contribution is 1.80. The van der Waals surface area contributed by atoms with Crippen molar-refractivity contribution >= 4 is 5.97 Å². The summed E-state index contributed by atoms with van der Waals surface area (Å²) in [6, 6.07) is 0. The molecule has 0 saturated heterocycles. The third kappa shape index (κ3) is 7.28. The summed E-state index contributed by atoms with van der Waals surface area (Å²) in [5, 5.41) is 3.14. The minimum Gasteiger partial charge on any atom is -0.463 e. The Hall–Kier alpha value is -0.830. The number of carbonyl (C=O) groups excluding carboxylic acids is 1. The maximum atomic E-state index is 10.7. The fourth-order valence-electron chi connectivity index (χ4n) is 0.708. The van der Waals surface area contributed by atoms with Gasteiger partial charge in [0.2, 0.25) is 0 Å². The molecule has 70 valence electrons. The van der Waals surface area contributed by atoms with E-state index in [1.165, 1.54) is 6.08 Å². The molecule has 3 heteroatoms. The van der Waals surface area contributed by atoms with Crippen LogP contribution in [-0.2, 0) is 9.53 Å². The monoisotopic (exact) mass is 171 g/mol. The fourth-order valence-corrected chi connectivity index (χ4v) is 0.708. The number of esters is 1. The summed E-state index contributed by atoms with van der Waals surface area (Å²) in [5.74, 6) is -0.268. The van der Waals surface area contributed by atoms with E-state index in [-0.39, 0.29) is 5.97 Å². The average Bonchev–Trinajstić information content (AvgIpc) is 2.05. The Kier molecular flexibility index (Phi) is 7.70. The van der Waals surface area contributed by atoms with Crippen LogP contribution in [0, 0.1) is 0 Å². The molecular formula is C9H17NO2. The molecule has 0 fully saturated rings. The van der Waals surface area contributed by atoms with Crippen molar-refractivity contribution in [2.24, 2.45) is 0 Å². The molecule has 0 rings (SSSR count). The van der Waals surface area contributed by atoms with E-state index in [1.54, 1.807) is 13.0 Å². The lowest BCUT2D eigenvalue weighted by Crippen LogP contribution is -2.14. The van der Waals surface area contributed by atoms with E-state index in [0.29, 0.717) is 6.61 Å². The van der Waals surface area contributed by atoms with E-state index in [9.17, 15) is 4.79 Å². The molecule has 0 aliphatic carbocycles. The Bertz CT molecular complexity index is 143. The lowest BCUT2D eigenvalue weighted by molar-refractivity contribution is -0.137. The van der Waals surface area contributed by atoms with E-state index in [1.807, 2.05) is 0 Å². The summed E-state index contributed by atoms with van der Waals surface area (Å²) in [6.45, 7) is 6.04. The first-order valence-corrected chi connectivity index (χ1v) is 4.35. The minimum atomic E-state index is -0.268. The van der Waals surface area contributed by atoms with Crippen LogP contribution in [0.15, 0.2) is 12.2 Å². The Morgan fingerprint density at radius 2 is 2.25 bits per heavy atom. The summed E-state index contributed by atoms with van der Waals surface area (Å²) < 4.78 is 4.69. The molecule has 0 aromatic heterocycles. The summed E-state index contributed by atoms with van der Waals surface area (Å²) in [7, 11) is 0. The van der Waals surface area contributed by atoms with Crippen LogP contribution in [0.3, 0.4) is 0 Å². The summed E-state index contributed by atoms with van der Waals surface area (Å²) in [5.41, 5.74) is 0. The zero-order valence-corrected chi connectivity index (χ0v) is 7.80. The number of carbonyl (C=O) groups is 1. The summed E-state index contributed by atoms with van der Waals surface area (Å²) >= 11 is 0. The number of rotatable bonds is 6. The summed E-state index contributed by atoms with van der Waals surface area (Å²) in [6.07, 6.45) is 4.33. The van der Waals surface area contributed by atoms with Crippen molar-refractivity contribution in [1.82, 2.24) is 5.32 Å². The SMILES string of the molecule is CCCNC/C=C/C(=O)OCC. The van der Waals surface area contributed by atoms with Gasteiger partial charge in [0.05, 0.1) is 6.61 Å². The van der Waals surface area contributed by atoms with Gasteiger partial charge < -0.3 is 10.1 Å². The lowest BCUT2D eigenvalue weighted by Gasteiger charge is -1.96. The smallest absolute Gasteiger partial charge is 0.330 e. The lowest BCUT2D eigenvalue weighted by atomic mass is 10.4. The number of ether oxygens (including phenoxy) is 1. The van der Waals surface area contributed by atoms with Crippen LogP contribution in [-0.4, -0.2) is 25.7 Å². The molecule has 0 bridgehead atoms. The molecule has 12 heavy (non-hydrogen) atoms. The van der Waals surface area contributed by atoms with Gasteiger partial charge in [-0.05, 0) is 19.9 Å². The molecule has 0 radical (unpaired) electrons. The van der Waals surface area contributed by atoms with E-state index in [2.05, 4.69) is 12.2 Å². The van der Waals surface area contributed by atoms with Gasteiger partial charge in [0, 0.05) is 12.6 Å². The average molecular weight is 171 g/mol. The molecule has 0 aliphatic heterocycles. The molecule has 0 spiro atoms. The third-order valence-electron chi connectivity index (χ3n) is 1.23. The van der Waals surface area contributed by atoms with Gasteiger partial charge in [-0.15, -0.1) is 0 Å². The van der Waals surface area contributed by atoms with Crippen molar-refractivity contribution in [2.75, 3.05) is 19.7 Å². The standard InChI is InChI=1S/C9H17NO2/c1-3-7-10-8-5-6-9(11)12-4-2/h5-6,10H,3-4,7-8H2,1-2H3/b6-5+. The van der Waals surface area contributed by atoms with Crippen LogP contribution < -0.4 is 5.32 Å². The van der Waals surface area contributed by atoms with Crippen molar-refractivity contribution in [1.29, 1.82) is 0 Å². The Morgan fingerprint density at radius 1 is 1.50 bits per heavy atom. The van der Waals surface area contributed by atoms with Crippen molar-refractivity contribution in [2.45, 2.75) is 20.3 Å². The Labute approximate surface area is 73.8 Å². The van der Waals surface area contributed by atoms with Gasteiger partial charge >= 0.3 is 5.97 Å². The first-order chi connectivity index (χ1) is 5.81. The van der Waals surface area contributed by atoms with Crippen molar-refractivity contribution < 1.29 is 9.53 Å². The van der Waals surface area contributed by atoms with Crippen LogP contribution in [0.25, 0.3) is 0 Å². The second-order valence-corrected chi connectivity index (χ2v) is 2.36. The predicted octanol–water partition coefficient (Wildman–Crippen LogP) is 1.11. The molecule has 0 aromatic rings. The van der Waals surface area contributed by atoms with E-state index in [4.69, 9.17) is 4.74 Å². The van der Waals surface area contributed by atoms with Crippen molar-refractivity contribution in [3.63, 3.8) is 0 Å². The molecular weight excluding hydrogens is 154 g/mol. The Morgan fingerprint density at radius 3 is 2.83 bits per heavy atom. The van der Waals surface area contributed by atoms with E-state index >= 15 is 0 Å². The maximum absolute atomic E-state index is 10.7. The highest BCUT2D eigenvalue weighted by molar-refractivity contribution is 5.81. The predicted molar refractivity (Wildman–Crippen MR) is 48.9 cm³/mol. The molecule has 3 nitrogen and oxygen atoms in total.